The fraction of sp³-hybridized carbons (Fsp3) is 0.294. The zero-order chi connectivity index (χ0) is 30.8. The first kappa shape index (κ1) is 35.6. The lowest BCUT2D eigenvalue weighted by molar-refractivity contribution is -0.137. The Morgan fingerprint density at radius 1 is 0.886 bits per heavy atom. The number of benzene rings is 4. The third kappa shape index (κ3) is 10.1. The lowest BCUT2D eigenvalue weighted by atomic mass is 10.1. The molecule has 0 fully saturated rings. The zero-order valence-electron chi connectivity index (χ0n) is 25.0. The molecule has 0 aromatic heterocycles. The van der Waals surface area contributed by atoms with E-state index in [-0.39, 0.29) is 18.5 Å². The van der Waals surface area contributed by atoms with Crippen molar-refractivity contribution in [3.8, 4) is 5.75 Å². The molecular weight excluding hydrogens is 626 g/mol. The normalized spacial score (nSPS) is 12.8. The molecule has 0 bridgehead atoms. The van der Waals surface area contributed by atoms with Crippen molar-refractivity contribution in [2.75, 3.05) is 45.7 Å². The van der Waals surface area contributed by atoms with Gasteiger partial charge in [0.25, 0.3) is 0 Å². The Morgan fingerprint density at radius 2 is 1.55 bits per heavy atom. The van der Waals surface area contributed by atoms with Crippen molar-refractivity contribution < 1.29 is 17.9 Å². The SMILES string of the molecule is CN(C)CCCN1c2ccccc2Sc2ccc(Cl)cc21.CNCCC(Oc1ccc(C(F)(F)F)cc1)c1ccccc1.Cl. The van der Waals surface area contributed by atoms with Crippen molar-refractivity contribution in [2.45, 2.75) is 34.9 Å². The van der Waals surface area contributed by atoms with Crippen molar-refractivity contribution in [1.82, 2.24) is 10.2 Å². The molecule has 1 aliphatic rings. The van der Waals surface area contributed by atoms with Crippen LogP contribution in [-0.4, -0.2) is 45.7 Å². The highest BCUT2D eigenvalue weighted by Gasteiger charge is 2.30. The number of nitrogens with one attached hydrogen (secondary N) is 1. The van der Waals surface area contributed by atoms with Gasteiger partial charge in [0.15, 0.2) is 0 Å². The van der Waals surface area contributed by atoms with E-state index in [1.807, 2.05) is 55.2 Å². The maximum Gasteiger partial charge on any atom is 0.416 e. The summed E-state index contributed by atoms with van der Waals surface area (Å²) in [5, 5.41) is 3.85. The van der Waals surface area contributed by atoms with Gasteiger partial charge in [0.05, 0.1) is 16.9 Å². The van der Waals surface area contributed by atoms with E-state index >= 15 is 0 Å². The number of hydrogen-bond donors (Lipinski definition) is 1. The first-order valence-corrected chi connectivity index (χ1v) is 15.4. The quantitative estimate of drug-likeness (QED) is 0.182. The van der Waals surface area contributed by atoms with Crippen LogP contribution in [0.1, 0.15) is 30.1 Å². The third-order valence-electron chi connectivity index (χ3n) is 6.86. The van der Waals surface area contributed by atoms with Crippen molar-refractivity contribution in [3.05, 3.63) is 113 Å². The monoisotopic (exact) mass is 663 g/mol. The second kappa shape index (κ2) is 17.0. The fourth-order valence-corrected chi connectivity index (χ4v) is 5.95. The Bertz CT molecular complexity index is 1440. The van der Waals surface area contributed by atoms with Crippen molar-refractivity contribution in [2.24, 2.45) is 0 Å². The second-order valence-electron chi connectivity index (χ2n) is 10.4. The molecule has 0 amide bonds. The van der Waals surface area contributed by atoms with Crippen LogP contribution in [-0.2, 0) is 6.18 Å². The molecule has 5 rings (SSSR count). The minimum atomic E-state index is -4.33. The van der Waals surface area contributed by atoms with E-state index in [2.05, 4.69) is 65.6 Å². The lowest BCUT2D eigenvalue weighted by Crippen LogP contribution is -2.25. The van der Waals surface area contributed by atoms with E-state index in [9.17, 15) is 13.2 Å². The summed E-state index contributed by atoms with van der Waals surface area (Å²) in [7, 11) is 6.08. The van der Waals surface area contributed by atoms with Gasteiger partial charge in [-0.3, -0.25) is 0 Å². The predicted molar refractivity (Wildman–Crippen MR) is 179 cm³/mol. The Morgan fingerprint density at radius 3 is 2.20 bits per heavy atom. The molecule has 1 N–H and O–H groups in total. The van der Waals surface area contributed by atoms with Crippen LogP contribution in [0.4, 0.5) is 24.5 Å². The average Bonchev–Trinajstić information content (AvgIpc) is 2.99. The van der Waals surface area contributed by atoms with E-state index in [4.69, 9.17) is 16.3 Å². The van der Waals surface area contributed by atoms with Gasteiger partial charge in [0.2, 0.25) is 0 Å². The molecule has 0 saturated heterocycles. The molecule has 0 aliphatic carbocycles. The van der Waals surface area contributed by atoms with Gasteiger partial charge in [-0.2, -0.15) is 13.2 Å². The topological polar surface area (TPSA) is 27.7 Å². The number of ether oxygens (including phenoxy) is 1. The highest BCUT2D eigenvalue weighted by Crippen LogP contribution is 2.48. The first-order valence-electron chi connectivity index (χ1n) is 14.2. The number of para-hydroxylation sites is 1. The van der Waals surface area contributed by atoms with Gasteiger partial charge in [0.1, 0.15) is 11.9 Å². The fourth-order valence-electron chi connectivity index (χ4n) is 4.71. The summed E-state index contributed by atoms with van der Waals surface area (Å²) in [4.78, 5) is 7.22. The summed E-state index contributed by atoms with van der Waals surface area (Å²) in [5.41, 5.74) is 2.84. The van der Waals surface area contributed by atoms with Crippen LogP contribution in [0.25, 0.3) is 0 Å². The summed E-state index contributed by atoms with van der Waals surface area (Å²) in [6.07, 6.45) is -2.69. The largest absolute Gasteiger partial charge is 0.486 e. The van der Waals surface area contributed by atoms with Crippen molar-refractivity contribution in [3.63, 3.8) is 0 Å². The minimum Gasteiger partial charge on any atom is -0.486 e. The summed E-state index contributed by atoms with van der Waals surface area (Å²) in [5.74, 6) is 0.429. The van der Waals surface area contributed by atoms with Crippen molar-refractivity contribution >= 4 is 47.1 Å². The van der Waals surface area contributed by atoms with Crippen LogP contribution in [0.3, 0.4) is 0 Å². The summed E-state index contributed by atoms with van der Waals surface area (Å²) < 4.78 is 43.6. The van der Waals surface area contributed by atoms with Gasteiger partial charge in [0, 0.05) is 27.8 Å². The lowest BCUT2D eigenvalue weighted by Gasteiger charge is -2.33. The van der Waals surface area contributed by atoms with Gasteiger partial charge in [-0.05, 0) is 101 Å². The zero-order valence-corrected chi connectivity index (χ0v) is 27.4. The van der Waals surface area contributed by atoms with Crippen LogP contribution in [0.2, 0.25) is 5.02 Å². The molecule has 10 heteroatoms. The number of alkyl halides is 3. The predicted octanol–water partition coefficient (Wildman–Crippen LogP) is 9.75. The van der Waals surface area contributed by atoms with Gasteiger partial charge in [-0.1, -0.05) is 65.8 Å². The number of rotatable bonds is 10. The maximum absolute atomic E-state index is 12.6. The van der Waals surface area contributed by atoms with Gasteiger partial charge in [-0.15, -0.1) is 12.4 Å². The Kier molecular flexibility index (Phi) is 13.7. The molecule has 4 aromatic carbocycles. The Hall–Kier alpha value is -2.88. The number of halogens is 5. The highest BCUT2D eigenvalue weighted by atomic mass is 35.5. The van der Waals surface area contributed by atoms with Gasteiger partial charge >= 0.3 is 6.18 Å². The number of nitrogens with zero attached hydrogens (tertiary/aromatic N) is 2. The maximum atomic E-state index is 12.6. The third-order valence-corrected chi connectivity index (χ3v) is 8.23. The molecule has 1 heterocycles. The standard InChI is InChI=1S/C17H19ClN2S.C17H18F3NO.ClH/c1-19(2)10-5-11-20-14-6-3-4-7-16(14)21-17-9-8-13(18)12-15(17)20;1-21-12-11-16(13-5-3-2-4-6-13)22-15-9-7-14(8-10-15)17(18,19)20;/h3-4,6-9,12H,5,10-11H2,1-2H3;2-10,16,21H,11-12H2,1H3;1H. The minimum absolute atomic E-state index is 0. The number of anilines is 2. The van der Waals surface area contributed by atoms with E-state index in [0.717, 1.165) is 55.2 Å². The molecule has 236 valence electrons. The van der Waals surface area contributed by atoms with Crippen LogP contribution in [0.15, 0.2) is 107 Å². The number of fused-ring (bicyclic) bond motifs is 2. The summed E-state index contributed by atoms with van der Waals surface area (Å²) in [6, 6.07) is 29.2. The Labute approximate surface area is 274 Å². The molecule has 0 radical (unpaired) electrons. The molecule has 0 saturated carbocycles. The molecule has 44 heavy (non-hydrogen) atoms. The highest BCUT2D eigenvalue weighted by molar-refractivity contribution is 7.99. The molecule has 1 aliphatic heterocycles. The molecule has 4 nitrogen and oxygen atoms in total. The molecular formula is C34H38Cl2F3N3OS. The average molecular weight is 665 g/mol. The summed E-state index contributed by atoms with van der Waals surface area (Å²) in [6.45, 7) is 2.84. The van der Waals surface area contributed by atoms with Crippen LogP contribution < -0.4 is 15.0 Å². The molecule has 1 atom stereocenters. The van der Waals surface area contributed by atoms with Crippen LogP contribution in [0, 0.1) is 0 Å². The van der Waals surface area contributed by atoms with Crippen LogP contribution in [0.5, 0.6) is 5.75 Å². The van der Waals surface area contributed by atoms with Gasteiger partial charge < -0.3 is 19.9 Å². The second-order valence-corrected chi connectivity index (χ2v) is 11.9. The summed E-state index contributed by atoms with van der Waals surface area (Å²) >= 11 is 8.03. The number of hydrogen-bond acceptors (Lipinski definition) is 5. The van der Waals surface area contributed by atoms with Gasteiger partial charge in [-0.25, -0.2) is 0 Å². The van der Waals surface area contributed by atoms with E-state index < -0.39 is 11.7 Å². The van der Waals surface area contributed by atoms with E-state index in [1.54, 1.807) is 0 Å². The van der Waals surface area contributed by atoms with Crippen LogP contribution >= 0.6 is 35.8 Å². The smallest absolute Gasteiger partial charge is 0.416 e. The molecule has 0 spiro atoms. The molecule has 1 unspecified atom stereocenters. The van der Waals surface area contributed by atoms with Crippen molar-refractivity contribution in [1.29, 1.82) is 0 Å². The van der Waals surface area contributed by atoms with E-state index in [1.165, 1.54) is 33.3 Å². The first-order chi connectivity index (χ1) is 20.7. The molecule has 4 aromatic rings. The Balaban J connectivity index is 0.000000235. The van der Waals surface area contributed by atoms with E-state index in [0.29, 0.717) is 5.75 Å².